The summed E-state index contributed by atoms with van der Waals surface area (Å²) < 4.78 is 7.32. The number of halogens is 1. The maximum Gasteiger partial charge on any atom is 0.257 e. The molecule has 1 aliphatic heterocycles. The molecule has 0 unspecified atom stereocenters. The number of aromatic nitrogens is 3. The van der Waals surface area contributed by atoms with E-state index < -0.39 is 0 Å². The van der Waals surface area contributed by atoms with E-state index in [1.807, 2.05) is 36.0 Å². The first kappa shape index (κ1) is 18.6. The number of anilines is 1. The lowest BCUT2D eigenvalue weighted by Gasteiger charge is -2.33. The van der Waals surface area contributed by atoms with Gasteiger partial charge in [-0.3, -0.25) is 4.79 Å². The van der Waals surface area contributed by atoms with E-state index >= 15 is 0 Å². The first-order valence-corrected chi connectivity index (χ1v) is 9.66. The maximum absolute atomic E-state index is 13.0. The number of hydrogen-bond acceptors (Lipinski definition) is 5. The molecule has 3 aromatic rings. The third-order valence-corrected chi connectivity index (χ3v) is 5.46. The van der Waals surface area contributed by atoms with Crippen molar-refractivity contribution < 1.29 is 9.32 Å². The van der Waals surface area contributed by atoms with Gasteiger partial charge >= 0.3 is 0 Å². The summed E-state index contributed by atoms with van der Waals surface area (Å²) in [5, 5.41) is 7.75. The molecule has 0 saturated carbocycles. The van der Waals surface area contributed by atoms with Crippen LogP contribution in [0.5, 0.6) is 0 Å². The largest absolute Gasteiger partial charge is 0.360 e. The highest BCUT2D eigenvalue weighted by molar-refractivity contribution is 6.33. The molecule has 1 aliphatic rings. The molecule has 1 aromatic carbocycles. The summed E-state index contributed by atoms with van der Waals surface area (Å²) in [5.74, 6) is 1.27. The van der Waals surface area contributed by atoms with Gasteiger partial charge in [0, 0.05) is 44.1 Å². The van der Waals surface area contributed by atoms with Crippen molar-refractivity contribution in [3.63, 3.8) is 0 Å². The molecule has 0 atom stereocenters. The summed E-state index contributed by atoms with van der Waals surface area (Å²) in [7, 11) is 1.99. The van der Waals surface area contributed by atoms with E-state index in [4.69, 9.17) is 16.1 Å². The first-order chi connectivity index (χ1) is 13.5. The van der Waals surface area contributed by atoms with Crippen molar-refractivity contribution in [1.29, 1.82) is 0 Å². The van der Waals surface area contributed by atoms with Crippen molar-refractivity contribution in [2.75, 3.05) is 18.0 Å². The number of amides is 1. The molecule has 4 rings (SSSR count). The SMILES string of the molecule is Cc1onc(-c2ccccc2Cl)c1C(=O)NC1CCN(c2nccn2C)CC1. The summed E-state index contributed by atoms with van der Waals surface area (Å²) in [6.45, 7) is 3.43. The number of piperidine rings is 1. The van der Waals surface area contributed by atoms with Crippen molar-refractivity contribution in [3.05, 3.63) is 53.0 Å². The third kappa shape index (κ3) is 3.49. The number of nitrogens with zero attached hydrogens (tertiary/aromatic N) is 4. The molecule has 28 heavy (non-hydrogen) atoms. The smallest absolute Gasteiger partial charge is 0.257 e. The molecule has 7 nitrogen and oxygen atoms in total. The molecule has 1 N–H and O–H groups in total. The van der Waals surface area contributed by atoms with Gasteiger partial charge in [0.05, 0.1) is 5.02 Å². The highest BCUT2D eigenvalue weighted by Gasteiger charge is 2.27. The van der Waals surface area contributed by atoms with E-state index in [-0.39, 0.29) is 11.9 Å². The van der Waals surface area contributed by atoms with Gasteiger partial charge in [0.2, 0.25) is 5.95 Å². The summed E-state index contributed by atoms with van der Waals surface area (Å²) >= 11 is 6.29. The van der Waals surface area contributed by atoms with E-state index in [0.717, 1.165) is 31.9 Å². The second kappa shape index (κ2) is 7.67. The van der Waals surface area contributed by atoms with E-state index in [9.17, 15) is 4.79 Å². The summed E-state index contributed by atoms with van der Waals surface area (Å²) in [4.78, 5) is 19.6. The average Bonchev–Trinajstić information content (AvgIpc) is 3.28. The molecular weight excluding hydrogens is 378 g/mol. The van der Waals surface area contributed by atoms with Gasteiger partial charge in [-0.05, 0) is 25.8 Å². The summed E-state index contributed by atoms with van der Waals surface area (Å²) in [6, 6.07) is 7.41. The molecule has 1 saturated heterocycles. The zero-order valence-electron chi connectivity index (χ0n) is 15.9. The molecule has 146 valence electrons. The third-order valence-electron chi connectivity index (χ3n) is 5.13. The number of carbonyl (C=O) groups is 1. The van der Waals surface area contributed by atoms with Crippen molar-refractivity contribution in [2.45, 2.75) is 25.8 Å². The molecule has 0 radical (unpaired) electrons. The molecular formula is C20H22ClN5O2. The standard InChI is InChI=1S/C20H22ClN5O2/c1-13-17(18(24-28-13)15-5-3-4-6-16(15)21)19(27)23-14-7-10-26(11-8-14)20-22-9-12-25(20)2/h3-6,9,12,14H,7-8,10-11H2,1-2H3,(H,23,27). The van der Waals surface area contributed by atoms with E-state index in [0.29, 0.717) is 27.6 Å². The fourth-order valence-corrected chi connectivity index (χ4v) is 3.85. The Hall–Kier alpha value is -2.80. The Morgan fingerprint density at radius 3 is 2.71 bits per heavy atom. The van der Waals surface area contributed by atoms with Gasteiger partial charge in [-0.2, -0.15) is 0 Å². The Morgan fingerprint density at radius 2 is 2.04 bits per heavy atom. The van der Waals surface area contributed by atoms with Gasteiger partial charge in [0.1, 0.15) is 17.0 Å². The van der Waals surface area contributed by atoms with E-state index in [1.165, 1.54) is 0 Å². The minimum Gasteiger partial charge on any atom is -0.360 e. The van der Waals surface area contributed by atoms with E-state index in [2.05, 4.69) is 20.4 Å². The highest BCUT2D eigenvalue weighted by Crippen LogP contribution is 2.31. The van der Waals surface area contributed by atoms with Crippen LogP contribution in [0.25, 0.3) is 11.3 Å². The minimum absolute atomic E-state index is 0.0948. The molecule has 1 fully saturated rings. The average molecular weight is 400 g/mol. The lowest BCUT2D eigenvalue weighted by molar-refractivity contribution is 0.0930. The zero-order valence-corrected chi connectivity index (χ0v) is 16.6. The fourth-order valence-electron chi connectivity index (χ4n) is 3.62. The second-order valence-corrected chi connectivity index (χ2v) is 7.42. The predicted octanol–water partition coefficient (Wildman–Crippen LogP) is 3.44. The van der Waals surface area contributed by atoms with Crippen molar-refractivity contribution >= 4 is 23.5 Å². The lowest BCUT2D eigenvalue weighted by atomic mass is 10.0. The lowest BCUT2D eigenvalue weighted by Crippen LogP contribution is -2.45. The fraction of sp³-hybridized carbons (Fsp3) is 0.350. The number of aryl methyl sites for hydroxylation is 2. The van der Waals surface area contributed by atoms with Gasteiger partial charge in [-0.25, -0.2) is 4.98 Å². The van der Waals surface area contributed by atoms with Crippen molar-refractivity contribution in [2.24, 2.45) is 7.05 Å². The maximum atomic E-state index is 13.0. The Bertz CT molecular complexity index is 988. The first-order valence-electron chi connectivity index (χ1n) is 9.29. The van der Waals surface area contributed by atoms with Crippen LogP contribution in [0.2, 0.25) is 5.02 Å². The van der Waals surface area contributed by atoms with Crippen LogP contribution in [0.15, 0.2) is 41.2 Å². The Morgan fingerprint density at radius 1 is 1.29 bits per heavy atom. The topological polar surface area (TPSA) is 76.2 Å². The van der Waals surface area contributed by atoms with Crippen LogP contribution in [0.1, 0.15) is 29.0 Å². The summed E-state index contributed by atoms with van der Waals surface area (Å²) in [6.07, 6.45) is 5.44. The van der Waals surface area contributed by atoms with Gasteiger partial charge in [-0.15, -0.1) is 0 Å². The normalized spacial score (nSPS) is 15.0. The second-order valence-electron chi connectivity index (χ2n) is 7.02. The monoisotopic (exact) mass is 399 g/mol. The van der Waals surface area contributed by atoms with Gasteiger partial charge < -0.3 is 19.3 Å². The molecule has 1 amide bonds. The van der Waals surface area contributed by atoms with Crippen molar-refractivity contribution in [3.8, 4) is 11.3 Å². The molecule has 0 aliphatic carbocycles. The molecule has 2 aromatic heterocycles. The van der Waals surface area contributed by atoms with Gasteiger partial charge in [-0.1, -0.05) is 35.0 Å². The highest BCUT2D eigenvalue weighted by atomic mass is 35.5. The number of imidazole rings is 1. The zero-order chi connectivity index (χ0) is 19.7. The molecule has 0 bridgehead atoms. The molecule has 3 heterocycles. The number of nitrogens with one attached hydrogen (secondary N) is 1. The van der Waals surface area contributed by atoms with Crippen LogP contribution in [0, 0.1) is 6.92 Å². The van der Waals surface area contributed by atoms with Crippen LogP contribution in [-0.4, -0.2) is 39.7 Å². The van der Waals surface area contributed by atoms with Crippen LogP contribution < -0.4 is 10.2 Å². The quantitative estimate of drug-likeness (QED) is 0.727. The van der Waals surface area contributed by atoms with Crippen LogP contribution in [0.3, 0.4) is 0 Å². The Labute approximate surface area is 168 Å². The minimum atomic E-state index is -0.177. The van der Waals surface area contributed by atoms with E-state index in [1.54, 1.807) is 19.2 Å². The number of hydrogen-bond donors (Lipinski definition) is 1. The number of benzene rings is 1. The number of rotatable bonds is 4. The van der Waals surface area contributed by atoms with Gasteiger partial charge in [0.25, 0.3) is 5.91 Å². The van der Waals surface area contributed by atoms with Crippen LogP contribution >= 0.6 is 11.6 Å². The predicted molar refractivity (Wildman–Crippen MR) is 108 cm³/mol. The number of carbonyl (C=O) groups excluding carboxylic acids is 1. The summed E-state index contributed by atoms with van der Waals surface area (Å²) in [5.41, 5.74) is 1.61. The van der Waals surface area contributed by atoms with Gasteiger partial charge in [0.15, 0.2) is 0 Å². The van der Waals surface area contributed by atoms with Crippen molar-refractivity contribution in [1.82, 2.24) is 20.0 Å². The molecule has 0 spiro atoms. The van der Waals surface area contributed by atoms with Crippen LogP contribution in [-0.2, 0) is 7.05 Å². The Kier molecular flexibility index (Phi) is 5.09. The van der Waals surface area contributed by atoms with Crippen LogP contribution in [0.4, 0.5) is 5.95 Å². The molecule has 8 heteroatoms. The Balaban J connectivity index is 1.46.